The molecule has 36 heavy (non-hydrogen) atoms. The summed E-state index contributed by atoms with van der Waals surface area (Å²) in [7, 11) is 1.60. The first-order chi connectivity index (χ1) is 17.6. The van der Waals surface area contributed by atoms with E-state index >= 15 is 0 Å². The summed E-state index contributed by atoms with van der Waals surface area (Å²) in [6, 6.07) is 18.7. The molecule has 2 heterocycles. The Morgan fingerprint density at radius 1 is 1.00 bits per heavy atom. The van der Waals surface area contributed by atoms with Crippen LogP contribution in [-0.2, 0) is 4.79 Å². The van der Waals surface area contributed by atoms with Crippen molar-refractivity contribution in [3.63, 3.8) is 0 Å². The van der Waals surface area contributed by atoms with Gasteiger partial charge in [-0.25, -0.2) is 0 Å². The first-order valence-corrected chi connectivity index (χ1v) is 11.9. The van der Waals surface area contributed by atoms with Crippen molar-refractivity contribution in [2.24, 2.45) is 0 Å². The van der Waals surface area contributed by atoms with Gasteiger partial charge < -0.3 is 24.4 Å². The Kier molecular flexibility index (Phi) is 8.17. The van der Waals surface area contributed by atoms with E-state index in [0.717, 1.165) is 24.3 Å². The fraction of sp³-hybridized carbons (Fsp3) is 0.308. The third-order valence-corrected chi connectivity index (χ3v) is 5.58. The Morgan fingerprint density at radius 3 is 2.64 bits per heavy atom. The van der Waals surface area contributed by atoms with E-state index in [2.05, 4.69) is 39.4 Å². The monoisotopic (exact) mass is 490 g/mol. The number of para-hydroxylation sites is 1. The average Bonchev–Trinajstić information content (AvgIpc) is 3.34. The third kappa shape index (κ3) is 5.83. The lowest BCUT2D eigenvalue weighted by molar-refractivity contribution is -0.123. The van der Waals surface area contributed by atoms with Crippen LogP contribution in [0.25, 0.3) is 17.0 Å². The number of nitrogens with one attached hydrogen (secondary N) is 1. The van der Waals surface area contributed by atoms with Crippen molar-refractivity contribution in [2.75, 3.05) is 44.9 Å². The number of benzene rings is 2. The van der Waals surface area contributed by atoms with Crippen LogP contribution in [0.5, 0.6) is 17.4 Å². The second-order valence-corrected chi connectivity index (χ2v) is 7.82. The van der Waals surface area contributed by atoms with Crippen LogP contribution in [0.15, 0.2) is 60.7 Å². The van der Waals surface area contributed by atoms with Gasteiger partial charge in [0.1, 0.15) is 18.1 Å². The van der Waals surface area contributed by atoms with Crippen LogP contribution >= 0.6 is 0 Å². The number of nitrogens with zero attached hydrogens (tertiary/aromatic N) is 5. The van der Waals surface area contributed by atoms with Gasteiger partial charge in [0.25, 0.3) is 5.91 Å². The molecular formula is C26H30N6O4. The first-order valence-electron chi connectivity index (χ1n) is 11.9. The van der Waals surface area contributed by atoms with E-state index in [0.29, 0.717) is 35.4 Å². The minimum Gasteiger partial charge on any atom is -0.496 e. The van der Waals surface area contributed by atoms with E-state index in [1.807, 2.05) is 48.5 Å². The van der Waals surface area contributed by atoms with Crippen LogP contribution in [0, 0.1) is 0 Å². The zero-order valence-corrected chi connectivity index (χ0v) is 20.7. The third-order valence-electron chi connectivity index (χ3n) is 5.58. The molecule has 188 valence electrons. The highest BCUT2D eigenvalue weighted by molar-refractivity contribution is 5.77. The maximum Gasteiger partial charge on any atom is 0.258 e. The summed E-state index contributed by atoms with van der Waals surface area (Å²) in [4.78, 5) is 14.4. The molecule has 0 unspecified atom stereocenters. The summed E-state index contributed by atoms with van der Waals surface area (Å²) in [5.74, 6) is 2.03. The van der Waals surface area contributed by atoms with Crippen LogP contribution < -0.4 is 24.4 Å². The van der Waals surface area contributed by atoms with E-state index in [4.69, 9.17) is 14.2 Å². The molecule has 0 saturated carbocycles. The van der Waals surface area contributed by atoms with Gasteiger partial charge in [-0.05, 0) is 44.2 Å². The number of fused-ring (bicyclic) bond motifs is 1. The van der Waals surface area contributed by atoms with Crippen molar-refractivity contribution >= 4 is 17.2 Å². The van der Waals surface area contributed by atoms with Gasteiger partial charge >= 0.3 is 0 Å². The molecule has 2 aromatic carbocycles. The van der Waals surface area contributed by atoms with E-state index in [1.54, 1.807) is 23.8 Å². The maximum atomic E-state index is 12.2. The van der Waals surface area contributed by atoms with Crippen LogP contribution in [0.3, 0.4) is 0 Å². The molecule has 0 aliphatic rings. The number of hydrogen-bond donors (Lipinski definition) is 1. The SMILES string of the molecule is CCN(CC)c1cccc(OCC(=O)NCCOc2ccc3nnc(-c4ccccc4OC)n3n2)c1. The number of aromatic nitrogens is 4. The Labute approximate surface area is 209 Å². The molecule has 0 bridgehead atoms. The Hall–Kier alpha value is -4.34. The molecule has 0 fully saturated rings. The smallest absolute Gasteiger partial charge is 0.258 e. The largest absolute Gasteiger partial charge is 0.496 e. The van der Waals surface area contributed by atoms with Gasteiger partial charge in [-0.1, -0.05) is 18.2 Å². The summed E-state index contributed by atoms with van der Waals surface area (Å²) < 4.78 is 18.4. The van der Waals surface area contributed by atoms with Crippen LogP contribution in [-0.4, -0.2) is 65.7 Å². The minimum absolute atomic E-state index is 0.0745. The zero-order valence-electron chi connectivity index (χ0n) is 20.7. The lowest BCUT2D eigenvalue weighted by Crippen LogP contribution is -2.32. The minimum atomic E-state index is -0.229. The number of hydrogen-bond acceptors (Lipinski definition) is 8. The molecule has 4 rings (SSSR count). The fourth-order valence-electron chi connectivity index (χ4n) is 3.75. The number of amides is 1. The van der Waals surface area contributed by atoms with Crippen molar-refractivity contribution in [3.05, 3.63) is 60.7 Å². The predicted octanol–water partition coefficient (Wildman–Crippen LogP) is 3.22. The number of carbonyl (C=O) groups is 1. The van der Waals surface area contributed by atoms with Crippen molar-refractivity contribution in [2.45, 2.75) is 13.8 Å². The van der Waals surface area contributed by atoms with Crippen LogP contribution in [0.2, 0.25) is 0 Å². The molecule has 1 amide bonds. The summed E-state index contributed by atoms with van der Waals surface area (Å²) in [6.45, 7) is 6.49. The molecule has 0 spiro atoms. The summed E-state index contributed by atoms with van der Waals surface area (Å²) in [5.41, 5.74) is 2.42. The molecule has 1 N–H and O–H groups in total. The van der Waals surface area contributed by atoms with E-state index in [9.17, 15) is 4.79 Å². The topological polar surface area (TPSA) is 103 Å². The normalized spacial score (nSPS) is 10.8. The summed E-state index contributed by atoms with van der Waals surface area (Å²) in [5, 5.41) is 15.7. The van der Waals surface area contributed by atoms with Crippen molar-refractivity contribution in [3.8, 4) is 28.8 Å². The van der Waals surface area contributed by atoms with Crippen LogP contribution in [0.4, 0.5) is 5.69 Å². The number of anilines is 1. The molecule has 0 radical (unpaired) electrons. The highest BCUT2D eigenvalue weighted by Crippen LogP contribution is 2.28. The average molecular weight is 491 g/mol. The fourth-order valence-corrected chi connectivity index (χ4v) is 3.75. The predicted molar refractivity (Wildman–Crippen MR) is 137 cm³/mol. The molecule has 0 aliphatic carbocycles. The van der Waals surface area contributed by atoms with Gasteiger partial charge in [0, 0.05) is 30.9 Å². The van der Waals surface area contributed by atoms with Gasteiger partial charge in [0.2, 0.25) is 5.88 Å². The number of methoxy groups -OCH3 is 1. The number of ether oxygens (including phenoxy) is 3. The van der Waals surface area contributed by atoms with Gasteiger partial charge in [-0.2, -0.15) is 4.52 Å². The standard InChI is InChI=1S/C26H30N6O4/c1-4-31(5-2)19-9-8-10-20(17-19)36-18-24(33)27-15-16-35-25-14-13-23-28-29-26(32(23)30-25)21-11-6-7-12-22(21)34-3/h6-14,17H,4-5,15-16,18H2,1-3H3,(H,27,33). The Balaban J connectivity index is 1.28. The Morgan fingerprint density at radius 2 is 1.83 bits per heavy atom. The summed E-state index contributed by atoms with van der Waals surface area (Å²) >= 11 is 0. The van der Waals surface area contributed by atoms with E-state index in [1.165, 1.54) is 0 Å². The second-order valence-electron chi connectivity index (χ2n) is 7.82. The van der Waals surface area contributed by atoms with Crippen LogP contribution in [0.1, 0.15) is 13.8 Å². The molecule has 10 heteroatoms. The quantitative estimate of drug-likeness (QED) is 0.302. The highest BCUT2D eigenvalue weighted by atomic mass is 16.5. The molecule has 0 aliphatic heterocycles. The van der Waals surface area contributed by atoms with E-state index in [-0.39, 0.29) is 19.1 Å². The zero-order chi connectivity index (χ0) is 25.3. The Bertz CT molecular complexity index is 1300. The molecule has 10 nitrogen and oxygen atoms in total. The first kappa shape index (κ1) is 24.8. The second kappa shape index (κ2) is 11.9. The maximum absolute atomic E-state index is 12.2. The van der Waals surface area contributed by atoms with Gasteiger partial charge in [0.05, 0.1) is 19.2 Å². The van der Waals surface area contributed by atoms with Crippen molar-refractivity contribution < 1.29 is 19.0 Å². The lowest BCUT2D eigenvalue weighted by Gasteiger charge is -2.21. The van der Waals surface area contributed by atoms with Gasteiger partial charge in [-0.15, -0.1) is 15.3 Å². The molecular weight excluding hydrogens is 460 g/mol. The highest BCUT2D eigenvalue weighted by Gasteiger charge is 2.14. The number of rotatable bonds is 12. The molecule has 2 aromatic heterocycles. The van der Waals surface area contributed by atoms with Gasteiger partial charge in [-0.3, -0.25) is 4.79 Å². The van der Waals surface area contributed by atoms with E-state index < -0.39 is 0 Å². The number of carbonyl (C=O) groups excluding carboxylic acids is 1. The van der Waals surface area contributed by atoms with Crippen molar-refractivity contribution in [1.82, 2.24) is 25.1 Å². The molecule has 4 aromatic rings. The summed E-state index contributed by atoms with van der Waals surface area (Å²) in [6.07, 6.45) is 0. The lowest BCUT2D eigenvalue weighted by atomic mass is 10.2. The molecule has 0 atom stereocenters. The molecule has 0 saturated heterocycles. The van der Waals surface area contributed by atoms with Crippen molar-refractivity contribution in [1.29, 1.82) is 0 Å². The van der Waals surface area contributed by atoms with Gasteiger partial charge in [0.15, 0.2) is 18.1 Å².